The number of carbonyl (C=O) groups is 1. The summed E-state index contributed by atoms with van der Waals surface area (Å²) in [5.74, 6) is -0.365. The van der Waals surface area contributed by atoms with Gasteiger partial charge < -0.3 is 10.1 Å². The minimum absolute atomic E-state index is 0.365. The van der Waals surface area contributed by atoms with Crippen molar-refractivity contribution in [2.45, 2.75) is 13.0 Å². The second-order valence-corrected chi connectivity index (χ2v) is 5.48. The van der Waals surface area contributed by atoms with Crippen LogP contribution in [0.4, 0.5) is 5.69 Å². The van der Waals surface area contributed by atoms with Crippen molar-refractivity contribution in [3.63, 3.8) is 0 Å². The van der Waals surface area contributed by atoms with E-state index in [1.54, 1.807) is 18.2 Å². The topological polar surface area (TPSA) is 38.3 Å². The molecule has 5 heteroatoms. The van der Waals surface area contributed by atoms with Crippen LogP contribution in [0.15, 0.2) is 42.5 Å². The van der Waals surface area contributed by atoms with Crippen LogP contribution in [0.1, 0.15) is 17.2 Å². The molecule has 0 aromatic heterocycles. The highest BCUT2D eigenvalue weighted by molar-refractivity contribution is 6.30. The van der Waals surface area contributed by atoms with Gasteiger partial charge in [-0.25, -0.2) is 4.79 Å². The van der Waals surface area contributed by atoms with Crippen LogP contribution in [0.3, 0.4) is 0 Å². The highest BCUT2D eigenvalue weighted by Crippen LogP contribution is 2.26. The van der Waals surface area contributed by atoms with E-state index in [1.807, 2.05) is 31.2 Å². The number of aryl methyl sites for hydroxylation is 1. The van der Waals surface area contributed by atoms with Gasteiger partial charge in [-0.15, -0.1) is 0 Å². The van der Waals surface area contributed by atoms with Gasteiger partial charge in [0, 0.05) is 15.7 Å². The van der Waals surface area contributed by atoms with Crippen molar-refractivity contribution in [2.24, 2.45) is 0 Å². The molecule has 0 aliphatic heterocycles. The van der Waals surface area contributed by atoms with Gasteiger partial charge in [0.25, 0.3) is 0 Å². The maximum Gasteiger partial charge on any atom is 0.332 e. The summed E-state index contributed by atoms with van der Waals surface area (Å²) in [6.07, 6.45) is 0. The summed E-state index contributed by atoms with van der Waals surface area (Å²) in [6, 6.07) is 11.9. The first-order valence-corrected chi connectivity index (χ1v) is 7.13. The minimum Gasteiger partial charge on any atom is -0.467 e. The van der Waals surface area contributed by atoms with Gasteiger partial charge in [0.05, 0.1) is 7.11 Å². The van der Waals surface area contributed by atoms with Crippen LogP contribution in [-0.4, -0.2) is 13.1 Å². The summed E-state index contributed by atoms with van der Waals surface area (Å²) in [6.45, 7) is 1.90. The fraction of sp³-hybridized carbons (Fsp3) is 0.188. The number of methoxy groups -OCH3 is 1. The molecule has 1 N–H and O–H groups in total. The van der Waals surface area contributed by atoms with E-state index in [2.05, 4.69) is 5.32 Å². The maximum atomic E-state index is 12.1. The van der Waals surface area contributed by atoms with Crippen molar-refractivity contribution >= 4 is 34.9 Å². The zero-order valence-corrected chi connectivity index (χ0v) is 13.2. The van der Waals surface area contributed by atoms with Crippen molar-refractivity contribution < 1.29 is 9.53 Å². The van der Waals surface area contributed by atoms with Crippen LogP contribution in [0.5, 0.6) is 0 Å². The molecule has 2 aromatic rings. The van der Waals surface area contributed by atoms with Crippen molar-refractivity contribution in [3.8, 4) is 0 Å². The standard InChI is InChI=1S/C16H15Cl2NO2/c1-10-9-12(18)5-8-14(10)15(16(20)21-2)19-13-6-3-11(17)4-7-13/h3-9,15,19H,1-2H3. The Morgan fingerprint density at radius 2 is 1.71 bits per heavy atom. The van der Waals surface area contributed by atoms with Crippen molar-refractivity contribution in [2.75, 3.05) is 12.4 Å². The molecule has 1 unspecified atom stereocenters. The third-order valence-electron chi connectivity index (χ3n) is 3.13. The lowest BCUT2D eigenvalue weighted by atomic mass is 10.0. The number of halogens is 2. The molecule has 0 aliphatic rings. The fourth-order valence-corrected chi connectivity index (χ4v) is 2.41. The van der Waals surface area contributed by atoms with E-state index in [-0.39, 0.29) is 5.97 Å². The second-order valence-electron chi connectivity index (χ2n) is 4.61. The number of anilines is 1. The zero-order chi connectivity index (χ0) is 15.4. The first kappa shape index (κ1) is 15.7. The van der Waals surface area contributed by atoms with Crippen molar-refractivity contribution in [1.82, 2.24) is 0 Å². The monoisotopic (exact) mass is 323 g/mol. The van der Waals surface area contributed by atoms with Crippen LogP contribution in [-0.2, 0) is 9.53 Å². The van der Waals surface area contributed by atoms with E-state index in [4.69, 9.17) is 27.9 Å². The molecule has 0 radical (unpaired) electrons. The van der Waals surface area contributed by atoms with Gasteiger partial charge in [-0.1, -0.05) is 29.3 Å². The molecule has 0 aliphatic carbocycles. The molecule has 110 valence electrons. The average molecular weight is 324 g/mol. The molecule has 0 saturated heterocycles. The molecule has 0 saturated carbocycles. The molecule has 3 nitrogen and oxygen atoms in total. The summed E-state index contributed by atoms with van der Waals surface area (Å²) in [4.78, 5) is 12.1. The minimum atomic E-state index is -0.603. The van der Waals surface area contributed by atoms with Gasteiger partial charge in [-0.3, -0.25) is 0 Å². The number of rotatable bonds is 4. The average Bonchev–Trinajstić information content (AvgIpc) is 2.47. The van der Waals surface area contributed by atoms with Crippen LogP contribution >= 0.6 is 23.2 Å². The number of benzene rings is 2. The Balaban J connectivity index is 2.34. The van der Waals surface area contributed by atoms with Crippen LogP contribution in [0.25, 0.3) is 0 Å². The second kappa shape index (κ2) is 6.83. The molecular weight excluding hydrogens is 309 g/mol. The highest BCUT2D eigenvalue weighted by atomic mass is 35.5. The molecule has 2 aromatic carbocycles. The number of esters is 1. The van der Waals surface area contributed by atoms with Gasteiger partial charge in [0.1, 0.15) is 0 Å². The molecule has 21 heavy (non-hydrogen) atoms. The third-order valence-corrected chi connectivity index (χ3v) is 3.62. The third kappa shape index (κ3) is 3.90. The first-order chi connectivity index (χ1) is 10.0. The smallest absolute Gasteiger partial charge is 0.332 e. The predicted octanol–water partition coefficient (Wildman–Crippen LogP) is 4.63. The number of hydrogen-bond acceptors (Lipinski definition) is 3. The van der Waals surface area contributed by atoms with E-state index in [1.165, 1.54) is 7.11 Å². The Kier molecular flexibility index (Phi) is 5.10. The van der Waals surface area contributed by atoms with Crippen molar-refractivity contribution in [3.05, 3.63) is 63.6 Å². The normalized spacial score (nSPS) is 11.8. The summed E-state index contributed by atoms with van der Waals surface area (Å²) >= 11 is 11.8. The van der Waals surface area contributed by atoms with E-state index in [0.29, 0.717) is 10.0 Å². The summed E-state index contributed by atoms with van der Waals surface area (Å²) < 4.78 is 4.89. The molecular formula is C16H15Cl2NO2. The number of ether oxygens (including phenoxy) is 1. The van der Waals surface area contributed by atoms with E-state index >= 15 is 0 Å². The van der Waals surface area contributed by atoms with Crippen LogP contribution in [0.2, 0.25) is 10.0 Å². The molecule has 0 heterocycles. The summed E-state index contributed by atoms with van der Waals surface area (Å²) in [5.41, 5.74) is 2.52. The summed E-state index contributed by atoms with van der Waals surface area (Å²) in [5, 5.41) is 4.43. The van der Waals surface area contributed by atoms with Gasteiger partial charge >= 0.3 is 5.97 Å². The first-order valence-electron chi connectivity index (χ1n) is 6.37. The molecule has 0 spiro atoms. The maximum absolute atomic E-state index is 12.1. The van der Waals surface area contributed by atoms with Crippen LogP contribution in [0, 0.1) is 6.92 Å². The lowest BCUT2D eigenvalue weighted by Gasteiger charge is -2.20. The highest BCUT2D eigenvalue weighted by Gasteiger charge is 2.23. The van der Waals surface area contributed by atoms with Crippen molar-refractivity contribution in [1.29, 1.82) is 0 Å². The summed E-state index contributed by atoms with van der Waals surface area (Å²) in [7, 11) is 1.37. The van der Waals surface area contributed by atoms with Gasteiger partial charge in [-0.05, 0) is 54.4 Å². The zero-order valence-electron chi connectivity index (χ0n) is 11.7. The SMILES string of the molecule is COC(=O)C(Nc1ccc(Cl)cc1)c1ccc(Cl)cc1C. The Morgan fingerprint density at radius 3 is 2.29 bits per heavy atom. The van der Waals surface area contributed by atoms with Gasteiger partial charge in [0.2, 0.25) is 0 Å². The Morgan fingerprint density at radius 1 is 1.10 bits per heavy atom. The predicted molar refractivity (Wildman–Crippen MR) is 86.0 cm³/mol. The lowest BCUT2D eigenvalue weighted by Crippen LogP contribution is -2.23. The number of hydrogen-bond donors (Lipinski definition) is 1. The van der Waals surface area contributed by atoms with Crippen LogP contribution < -0.4 is 5.32 Å². The van der Waals surface area contributed by atoms with Gasteiger partial charge in [-0.2, -0.15) is 0 Å². The number of carbonyl (C=O) groups excluding carboxylic acids is 1. The Bertz CT molecular complexity index is 641. The van der Waals surface area contributed by atoms with E-state index in [0.717, 1.165) is 16.8 Å². The van der Waals surface area contributed by atoms with Gasteiger partial charge in [0.15, 0.2) is 6.04 Å². The molecule has 0 amide bonds. The van der Waals surface area contributed by atoms with E-state index < -0.39 is 6.04 Å². The number of nitrogens with one attached hydrogen (secondary N) is 1. The fourth-order valence-electron chi connectivity index (χ4n) is 2.06. The molecule has 0 fully saturated rings. The molecule has 2 rings (SSSR count). The lowest BCUT2D eigenvalue weighted by molar-refractivity contribution is -0.141. The quantitative estimate of drug-likeness (QED) is 0.834. The molecule has 1 atom stereocenters. The Hall–Kier alpha value is -1.71. The largest absolute Gasteiger partial charge is 0.467 e. The van der Waals surface area contributed by atoms with E-state index in [9.17, 15) is 4.79 Å². The Labute approximate surface area is 133 Å². The molecule has 0 bridgehead atoms.